The average molecular weight is 344 g/mol. The number of nitrogens with one attached hydrogen (secondary N) is 2. The summed E-state index contributed by atoms with van der Waals surface area (Å²) in [6.07, 6.45) is 9.51. The minimum absolute atomic E-state index is 0.0334. The molecule has 0 bridgehead atoms. The fourth-order valence-corrected chi connectivity index (χ4v) is 3.80. The maximum Gasteiger partial charge on any atom is 0.225 e. The van der Waals surface area contributed by atoms with Gasteiger partial charge in [-0.3, -0.25) is 14.6 Å². The molecule has 1 saturated carbocycles. The number of likely N-dealkylation sites (tertiary alicyclic amines) is 1. The summed E-state index contributed by atoms with van der Waals surface area (Å²) in [7, 11) is 0. The Balaban J connectivity index is 1.33. The SMILES string of the molecule is O=C(NCCNc1cccnc1)C1CCN(C(=O)C2CCCC2)CC1. The number of amides is 2. The van der Waals surface area contributed by atoms with E-state index in [4.69, 9.17) is 0 Å². The zero-order valence-corrected chi connectivity index (χ0v) is 14.7. The Morgan fingerprint density at radius 3 is 2.52 bits per heavy atom. The van der Waals surface area contributed by atoms with Crippen LogP contribution in [0.2, 0.25) is 0 Å². The van der Waals surface area contributed by atoms with Gasteiger partial charge in [0.1, 0.15) is 0 Å². The van der Waals surface area contributed by atoms with Crippen LogP contribution in [0, 0.1) is 11.8 Å². The first-order chi connectivity index (χ1) is 12.2. The summed E-state index contributed by atoms with van der Waals surface area (Å²) in [6, 6.07) is 3.83. The standard InChI is InChI=1S/C19H28N4O2/c24-18(22-11-10-21-17-6-3-9-20-14-17)15-7-12-23(13-8-15)19(25)16-4-1-2-5-16/h3,6,9,14-16,21H,1-2,4-5,7-8,10-13H2,(H,22,24). The van der Waals surface area contributed by atoms with Gasteiger partial charge in [0.25, 0.3) is 0 Å². The maximum atomic E-state index is 12.4. The third-order valence-corrected chi connectivity index (χ3v) is 5.30. The number of rotatable bonds is 6. The van der Waals surface area contributed by atoms with Crippen LogP contribution in [0.25, 0.3) is 0 Å². The number of anilines is 1. The quantitative estimate of drug-likeness (QED) is 0.775. The molecule has 6 heteroatoms. The van der Waals surface area contributed by atoms with Crippen molar-refractivity contribution in [3.05, 3.63) is 24.5 Å². The van der Waals surface area contributed by atoms with E-state index in [0.717, 1.165) is 44.5 Å². The van der Waals surface area contributed by atoms with Gasteiger partial charge in [-0.15, -0.1) is 0 Å². The van der Waals surface area contributed by atoms with Gasteiger partial charge in [-0.1, -0.05) is 12.8 Å². The van der Waals surface area contributed by atoms with E-state index in [1.807, 2.05) is 17.0 Å². The highest BCUT2D eigenvalue weighted by Crippen LogP contribution is 2.28. The maximum absolute atomic E-state index is 12.4. The number of carbonyl (C=O) groups excluding carboxylic acids is 2. The summed E-state index contributed by atoms with van der Waals surface area (Å²) in [5, 5.41) is 6.22. The van der Waals surface area contributed by atoms with Crippen LogP contribution in [0.1, 0.15) is 38.5 Å². The summed E-state index contributed by atoms with van der Waals surface area (Å²) in [4.78, 5) is 30.7. The molecule has 1 aliphatic carbocycles. The Bertz CT molecular complexity index is 564. The van der Waals surface area contributed by atoms with Crippen molar-refractivity contribution in [3.63, 3.8) is 0 Å². The predicted octanol–water partition coefficient (Wildman–Crippen LogP) is 2.04. The van der Waals surface area contributed by atoms with E-state index in [0.29, 0.717) is 19.0 Å². The number of piperidine rings is 1. The number of hydrogen-bond acceptors (Lipinski definition) is 4. The topological polar surface area (TPSA) is 74.3 Å². The Morgan fingerprint density at radius 1 is 1.08 bits per heavy atom. The van der Waals surface area contributed by atoms with Crippen molar-refractivity contribution < 1.29 is 9.59 Å². The summed E-state index contributed by atoms with van der Waals surface area (Å²) in [5.74, 6) is 0.702. The van der Waals surface area contributed by atoms with Crippen LogP contribution >= 0.6 is 0 Å². The number of hydrogen-bond donors (Lipinski definition) is 2. The lowest BCUT2D eigenvalue weighted by Crippen LogP contribution is -2.45. The van der Waals surface area contributed by atoms with Crippen molar-refractivity contribution in [2.75, 3.05) is 31.5 Å². The Hall–Kier alpha value is -2.11. The number of aromatic nitrogens is 1. The highest BCUT2D eigenvalue weighted by Gasteiger charge is 2.31. The lowest BCUT2D eigenvalue weighted by Gasteiger charge is -2.33. The van der Waals surface area contributed by atoms with Crippen LogP contribution in [0.15, 0.2) is 24.5 Å². The largest absolute Gasteiger partial charge is 0.382 e. The summed E-state index contributed by atoms with van der Waals surface area (Å²) in [5.41, 5.74) is 0.954. The Kier molecular flexibility index (Phi) is 6.25. The molecule has 2 amide bonds. The molecule has 1 aromatic rings. The molecule has 2 heterocycles. The molecule has 1 aromatic heterocycles. The predicted molar refractivity (Wildman–Crippen MR) is 97.0 cm³/mol. The fraction of sp³-hybridized carbons (Fsp3) is 0.632. The first-order valence-electron chi connectivity index (χ1n) is 9.44. The minimum atomic E-state index is 0.0334. The molecule has 0 radical (unpaired) electrons. The lowest BCUT2D eigenvalue weighted by atomic mass is 9.94. The van der Waals surface area contributed by atoms with Gasteiger partial charge in [-0.2, -0.15) is 0 Å². The molecule has 0 aromatic carbocycles. The van der Waals surface area contributed by atoms with Gasteiger partial charge in [0.15, 0.2) is 0 Å². The molecule has 2 aliphatic rings. The van der Waals surface area contributed by atoms with Crippen LogP contribution in [-0.4, -0.2) is 47.9 Å². The van der Waals surface area contributed by atoms with E-state index in [2.05, 4.69) is 15.6 Å². The molecule has 0 spiro atoms. The normalized spacial score (nSPS) is 19.0. The van der Waals surface area contributed by atoms with Gasteiger partial charge in [0.05, 0.1) is 5.69 Å². The minimum Gasteiger partial charge on any atom is -0.382 e. The smallest absolute Gasteiger partial charge is 0.225 e. The second-order valence-electron chi connectivity index (χ2n) is 7.04. The molecule has 0 atom stereocenters. The van der Waals surface area contributed by atoms with Gasteiger partial charge < -0.3 is 15.5 Å². The van der Waals surface area contributed by atoms with Gasteiger partial charge >= 0.3 is 0 Å². The van der Waals surface area contributed by atoms with E-state index >= 15 is 0 Å². The van der Waals surface area contributed by atoms with Crippen LogP contribution in [-0.2, 0) is 9.59 Å². The van der Waals surface area contributed by atoms with Gasteiger partial charge in [0.2, 0.25) is 11.8 Å². The second kappa shape index (κ2) is 8.83. The second-order valence-corrected chi connectivity index (χ2v) is 7.04. The first-order valence-corrected chi connectivity index (χ1v) is 9.44. The summed E-state index contributed by atoms with van der Waals surface area (Å²) < 4.78 is 0. The Labute approximate surface area is 149 Å². The zero-order valence-electron chi connectivity index (χ0n) is 14.7. The fourth-order valence-electron chi connectivity index (χ4n) is 3.80. The highest BCUT2D eigenvalue weighted by atomic mass is 16.2. The van der Waals surface area contributed by atoms with Crippen LogP contribution in [0.3, 0.4) is 0 Å². The monoisotopic (exact) mass is 344 g/mol. The summed E-state index contributed by atoms with van der Waals surface area (Å²) in [6.45, 7) is 2.72. The van der Waals surface area contributed by atoms with Crippen molar-refractivity contribution in [1.29, 1.82) is 0 Å². The average Bonchev–Trinajstić information content (AvgIpc) is 3.20. The van der Waals surface area contributed by atoms with E-state index in [-0.39, 0.29) is 17.7 Å². The van der Waals surface area contributed by atoms with Gasteiger partial charge in [-0.05, 0) is 37.8 Å². The first kappa shape index (κ1) is 17.7. The molecule has 2 N–H and O–H groups in total. The van der Waals surface area contributed by atoms with E-state index in [1.54, 1.807) is 12.4 Å². The zero-order chi connectivity index (χ0) is 17.5. The molecular formula is C19H28N4O2. The van der Waals surface area contributed by atoms with Crippen molar-refractivity contribution in [3.8, 4) is 0 Å². The summed E-state index contributed by atoms with van der Waals surface area (Å²) >= 11 is 0. The van der Waals surface area contributed by atoms with Crippen LogP contribution in [0.4, 0.5) is 5.69 Å². The van der Waals surface area contributed by atoms with E-state index in [9.17, 15) is 9.59 Å². The van der Waals surface area contributed by atoms with Crippen LogP contribution < -0.4 is 10.6 Å². The molecule has 25 heavy (non-hydrogen) atoms. The van der Waals surface area contributed by atoms with Crippen molar-refractivity contribution in [2.45, 2.75) is 38.5 Å². The highest BCUT2D eigenvalue weighted by molar-refractivity contribution is 5.81. The molecule has 136 valence electrons. The van der Waals surface area contributed by atoms with Crippen molar-refractivity contribution >= 4 is 17.5 Å². The van der Waals surface area contributed by atoms with E-state index < -0.39 is 0 Å². The number of nitrogens with zero attached hydrogens (tertiary/aromatic N) is 2. The molecule has 3 rings (SSSR count). The molecule has 1 saturated heterocycles. The lowest BCUT2D eigenvalue weighted by molar-refractivity contribution is -0.138. The molecule has 6 nitrogen and oxygen atoms in total. The molecular weight excluding hydrogens is 316 g/mol. The van der Waals surface area contributed by atoms with Crippen molar-refractivity contribution in [1.82, 2.24) is 15.2 Å². The number of carbonyl (C=O) groups is 2. The Morgan fingerprint density at radius 2 is 1.84 bits per heavy atom. The van der Waals surface area contributed by atoms with E-state index in [1.165, 1.54) is 12.8 Å². The molecule has 0 unspecified atom stereocenters. The molecule has 1 aliphatic heterocycles. The van der Waals surface area contributed by atoms with Gasteiger partial charge in [-0.25, -0.2) is 0 Å². The molecule has 2 fully saturated rings. The number of pyridine rings is 1. The van der Waals surface area contributed by atoms with Crippen molar-refractivity contribution in [2.24, 2.45) is 11.8 Å². The van der Waals surface area contributed by atoms with Crippen LogP contribution in [0.5, 0.6) is 0 Å². The third-order valence-electron chi connectivity index (χ3n) is 5.30. The van der Waals surface area contributed by atoms with Gasteiger partial charge in [0, 0.05) is 50.4 Å². The third kappa shape index (κ3) is 4.94.